The molecule has 2 rings (SSSR count). The van der Waals surface area contributed by atoms with Crippen LogP contribution >= 0.6 is 0 Å². The summed E-state index contributed by atoms with van der Waals surface area (Å²) in [6, 6.07) is 14.7. The average molecular weight is 285 g/mol. The zero-order valence-corrected chi connectivity index (χ0v) is 13.6. The smallest absolute Gasteiger partial charge is 0.120 e. The molecule has 0 saturated heterocycles. The molecule has 2 aromatic rings. The predicted octanol–water partition coefficient (Wildman–Crippen LogP) is 4.49. The third kappa shape index (κ3) is 4.75. The number of hydrogen-bond acceptors (Lipinski definition) is 2. The number of benzene rings is 2. The Morgan fingerprint density at radius 1 is 0.905 bits per heavy atom. The summed E-state index contributed by atoms with van der Waals surface area (Å²) in [5.41, 5.74) is 0. The highest BCUT2D eigenvalue weighted by Crippen LogP contribution is 2.22. The van der Waals surface area contributed by atoms with Crippen LogP contribution in [0.25, 0.3) is 10.8 Å². The molecule has 0 aliphatic heterocycles. The normalized spacial score (nSPS) is 13.0. The SMILES string of the molecule is CC(C)CNCC(Oc1ccc2ccccc2c1)C(C)C. The van der Waals surface area contributed by atoms with Crippen molar-refractivity contribution in [3.05, 3.63) is 42.5 Å². The van der Waals surface area contributed by atoms with Gasteiger partial charge in [0.25, 0.3) is 0 Å². The van der Waals surface area contributed by atoms with Gasteiger partial charge in [-0.25, -0.2) is 0 Å². The molecule has 0 spiro atoms. The van der Waals surface area contributed by atoms with Crippen molar-refractivity contribution >= 4 is 10.8 Å². The molecule has 21 heavy (non-hydrogen) atoms. The molecule has 0 fully saturated rings. The van der Waals surface area contributed by atoms with Gasteiger partial charge < -0.3 is 10.1 Å². The number of nitrogens with one attached hydrogen (secondary N) is 1. The molecule has 0 amide bonds. The molecule has 1 N–H and O–H groups in total. The van der Waals surface area contributed by atoms with Crippen LogP contribution in [0.15, 0.2) is 42.5 Å². The second-order valence-electron chi connectivity index (χ2n) is 6.46. The first-order valence-corrected chi connectivity index (χ1v) is 7.92. The van der Waals surface area contributed by atoms with Crippen LogP contribution in [0.5, 0.6) is 5.75 Å². The minimum Gasteiger partial charge on any atom is -0.489 e. The Kier molecular flexibility index (Phi) is 5.63. The summed E-state index contributed by atoms with van der Waals surface area (Å²) in [6.07, 6.45) is 0.199. The molecule has 0 aromatic heterocycles. The van der Waals surface area contributed by atoms with Crippen LogP contribution in [0, 0.1) is 11.8 Å². The van der Waals surface area contributed by atoms with E-state index in [2.05, 4.69) is 75.5 Å². The fraction of sp³-hybridized carbons (Fsp3) is 0.474. The molecule has 0 bridgehead atoms. The number of fused-ring (bicyclic) bond motifs is 1. The van der Waals surface area contributed by atoms with Crippen LogP contribution in [-0.4, -0.2) is 19.2 Å². The van der Waals surface area contributed by atoms with E-state index in [0.29, 0.717) is 11.8 Å². The average Bonchev–Trinajstić information content (AvgIpc) is 2.45. The van der Waals surface area contributed by atoms with E-state index in [9.17, 15) is 0 Å². The van der Waals surface area contributed by atoms with Gasteiger partial charge in [0.1, 0.15) is 11.9 Å². The van der Waals surface area contributed by atoms with Gasteiger partial charge in [-0.1, -0.05) is 58.0 Å². The maximum absolute atomic E-state index is 6.20. The minimum atomic E-state index is 0.199. The van der Waals surface area contributed by atoms with E-state index in [-0.39, 0.29) is 6.10 Å². The second-order valence-corrected chi connectivity index (χ2v) is 6.46. The fourth-order valence-corrected chi connectivity index (χ4v) is 2.34. The van der Waals surface area contributed by atoms with Crippen molar-refractivity contribution in [2.24, 2.45) is 11.8 Å². The number of hydrogen-bond donors (Lipinski definition) is 1. The van der Waals surface area contributed by atoms with Crippen molar-refractivity contribution in [1.82, 2.24) is 5.32 Å². The van der Waals surface area contributed by atoms with Crippen molar-refractivity contribution in [2.75, 3.05) is 13.1 Å². The van der Waals surface area contributed by atoms with E-state index >= 15 is 0 Å². The number of ether oxygens (including phenoxy) is 1. The van der Waals surface area contributed by atoms with Gasteiger partial charge in [0.05, 0.1) is 0 Å². The second kappa shape index (κ2) is 7.46. The standard InChI is InChI=1S/C19H27NO/c1-14(2)12-20-13-19(15(3)4)21-18-10-9-16-7-5-6-8-17(16)11-18/h5-11,14-15,19-20H,12-13H2,1-4H3. The van der Waals surface area contributed by atoms with E-state index in [1.54, 1.807) is 0 Å². The van der Waals surface area contributed by atoms with Crippen LogP contribution in [0.3, 0.4) is 0 Å². The molecule has 0 radical (unpaired) electrons. The first kappa shape index (κ1) is 15.8. The Morgan fingerprint density at radius 3 is 2.29 bits per heavy atom. The molecule has 2 aromatic carbocycles. The van der Waals surface area contributed by atoms with Gasteiger partial charge in [0.2, 0.25) is 0 Å². The maximum atomic E-state index is 6.20. The summed E-state index contributed by atoms with van der Waals surface area (Å²) in [5.74, 6) is 2.10. The molecular weight excluding hydrogens is 258 g/mol. The molecule has 2 nitrogen and oxygen atoms in total. The molecule has 0 aliphatic carbocycles. The lowest BCUT2D eigenvalue weighted by atomic mass is 10.1. The Hall–Kier alpha value is -1.54. The molecule has 0 saturated carbocycles. The zero-order chi connectivity index (χ0) is 15.2. The Morgan fingerprint density at radius 2 is 1.62 bits per heavy atom. The highest BCUT2D eigenvalue weighted by atomic mass is 16.5. The Labute approximate surface area is 128 Å². The summed E-state index contributed by atoms with van der Waals surface area (Å²) in [7, 11) is 0. The molecule has 2 heteroatoms. The van der Waals surface area contributed by atoms with Gasteiger partial charge in [0.15, 0.2) is 0 Å². The Balaban J connectivity index is 2.04. The molecule has 1 atom stereocenters. The van der Waals surface area contributed by atoms with E-state index in [1.165, 1.54) is 10.8 Å². The zero-order valence-electron chi connectivity index (χ0n) is 13.6. The largest absolute Gasteiger partial charge is 0.489 e. The lowest BCUT2D eigenvalue weighted by Crippen LogP contribution is -2.36. The monoisotopic (exact) mass is 285 g/mol. The predicted molar refractivity (Wildman–Crippen MR) is 90.9 cm³/mol. The van der Waals surface area contributed by atoms with E-state index in [0.717, 1.165) is 18.8 Å². The van der Waals surface area contributed by atoms with E-state index in [4.69, 9.17) is 4.74 Å². The number of rotatable bonds is 7. The highest BCUT2D eigenvalue weighted by molar-refractivity contribution is 5.83. The summed E-state index contributed by atoms with van der Waals surface area (Å²) in [4.78, 5) is 0. The lowest BCUT2D eigenvalue weighted by molar-refractivity contribution is 0.148. The summed E-state index contributed by atoms with van der Waals surface area (Å²) >= 11 is 0. The first-order valence-electron chi connectivity index (χ1n) is 7.92. The van der Waals surface area contributed by atoms with Crippen molar-refractivity contribution in [3.8, 4) is 5.75 Å². The highest BCUT2D eigenvalue weighted by Gasteiger charge is 2.15. The molecular formula is C19H27NO. The molecule has 0 aliphatic rings. The topological polar surface area (TPSA) is 21.3 Å². The van der Waals surface area contributed by atoms with Crippen LogP contribution in [-0.2, 0) is 0 Å². The maximum Gasteiger partial charge on any atom is 0.120 e. The summed E-state index contributed by atoms with van der Waals surface area (Å²) in [5, 5.41) is 5.98. The molecule has 114 valence electrons. The Bertz CT molecular complexity index is 562. The van der Waals surface area contributed by atoms with Crippen molar-refractivity contribution < 1.29 is 4.74 Å². The van der Waals surface area contributed by atoms with Crippen molar-refractivity contribution in [1.29, 1.82) is 0 Å². The van der Waals surface area contributed by atoms with E-state index in [1.807, 2.05) is 0 Å². The van der Waals surface area contributed by atoms with E-state index < -0.39 is 0 Å². The van der Waals surface area contributed by atoms with Gasteiger partial charge >= 0.3 is 0 Å². The summed E-state index contributed by atoms with van der Waals surface area (Å²) in [6.45, 7) is 10.8. The fourth-order valence-electron chi connectivity index (χ4n) is 2.34. The quantitative estimate of drug-likeness (QED) is 0.809. The van der Waals surface area contributed by atoms with Crippen LogP contribution in [0.2, 0.25) is 0 Å². The van der Waals surface area contributed by atoms with Gasteiger partial charge in [-0.05, 0) is 41.3 Å². The van der Waals surface area contributed by atoms with Crippen molar-refractivity contribution in [2.45, 2.75) is 33.8 Å². The third-order valence-corrected chi connectivity index (χ3v) is 3.65. The van der Waals surface area contributed by atoms with Gasteiger partial charge in [-0.15, -0.1) is 0 Å². The molecule has 1 unspecified atom stereocenters. The lowest BCUT2D eigenvalue weighted by Gasteiger charge is -2.24. The van der Waals surface area contributed by atoms with Gasteiger partial charge in [0, 0.05) is 6.54 Å². The van der Waals surface area contributed by atoms with Gasteiger partial charge in [-0.2, -0.15) is 0 Å². The van der Waals surface area contributed by atoms with Gasteiger partial charge in [-0.3, -0.25) is 0 Å². The third-order valence-electron chi connectivity index (χ3n) is 3.65. The van der Waals surface area contributed by atoms with Crippen LogP contribution in [0.4, 0.5) is 0 Å². The minimum absolute atomic E-state index is 0.199. The molecule has 0 heterocycles. The summed E-state index contributed by atoms with van der Waals surface area (Å²) < 4.78 is 6.20. The van der Waals surface area contributed by atoms with Crippen LogP contribution < -0.4 is 10.1 Å². The first-order chi connectivity index (χ1) is 10.1. The van der Waals surface area contributed by atoms with Crippen molar-refractivity contribution in [3.63, 3.8) is 0 Å². The van der Waals surface area contributed by atoms with Crippen LogP contribution in [0.1, 0.15) is 27.7 Å².